The number of anilines is 1. The molecule has 0 bridgehead atoms. The zero-order valence-corrected chi connectivity index (χ0v) is 12.2. The Morgan fingerprint density at radius 3 is 2.86 bits per heavy atom. The van der Waals surface area contributed by atoms with Gasteiger partial charge in [0.1, 0.15) is 5.82 Å². The summed E-state index contributed by atoms with van der Waals surface area (Å²) in [6, 6.07) is 2.56. The fourth-order valence-corrected chi connectivity index (χ4v) is 2.73. The number of carboxylic acids is 1. The van der Waals surface area contributed by atoms with E-state index in [-0.39, 0.29) is 10.7 Å². The summed E-state index contributed by atoms with van der Waals surface area (Å²) in [6.07, 6.45) is 1.83. The first-order chi connectivity index (χ1) is 9.83. The second-order valence-electron chi connectivity index (χ2n) is 5.39. The van der Waals surface area contributed by atoms with Crippen molar-refractivity contribution >= 4 is 29.3 Å². The molecule has 1 aromatic carbocycles. The number of carboxylic acid groups (broad SMARTS) is 1. The smallest absolute Gasteiger partial charge is 0.319 e. The molecule has 1 aliphatic carbocycles. The average Bonchev–Trinajstić information content (AvgIpc) is 2.77. The lowest BCUT2D eigenvalue weighted by atomic mass is 9.85. The van der Waals surface area contributed by atoms with E-state index < -0.39 is 29.3 Å². The van der Waals surface area contributed by atoms with Gasteiger partial charge in [0.2, 0.25) is 0 Å². The maximum absolute atomic E-state index is 13.1. The molecule has 1 aromatic rings. The Morgan fingerprint density at radius 2 is 2.19 bits per heavy atom. The van der Waals surface area contributed by atoms with Gasteiger partial charge in [-0.1, -0.05) is 18.0 Å². The molecule has 0 saturated heterocycles. The number of urea groups is 1. The maximum Gasteiger partial charge on any atom is 0.319 e. The van der Waals surface area contributed by atoms with Crippen molar-refractivity contribution < 1.29 is 19.1 Å². The van der Waals surface area contributed by atoms with Crippen LogP contribution in [0.15, 0.2) is 18.2 Å². The molecule has 1 aliphatic rings. The number of rotatable bonds is 3. The van der Waals surface area contributed by atoms with Gasteiger partial charge in [0.05, 0.1) is 16.1 Å². The highest BCUT2D eigenvalue weighted by Crippen LogP contribution is 2.38. The molecule has 3 N–H and O–H groups in total. The van der Waals surface area contributed by atoms with Gasteiger partial charge in [-0.2, -0.15) is 0 Å². The van der Waals surface area contributed by atoms with Crippen LogP contribution in [0.3, 0.4) is 0 Å². The van der Waals surface area contributed by atoms with Crippen LogP contribution in [0.4, 0.5) is 14.9 Å². The van der Waals surface area contributed by atoms with Crippen molar-refractivity contribution in [1.29, 1.82) is 0 Å². The summed E-state index contributed by atoms with van der Waals surface area (Å²) >= 11 is 5.86. The Bertz CT molecular complexity index is 581. The topological polar surface area (TPSA) is 78.4 Å². The standard InChI is InChI=1S/C14H16ClFN2O3/c1-14(12(19)20)6-2-3-11(14)18-13(21)17-10-7-8(16)4-5-9(10)15/h4-5,7,11H,2-3,6H2,1H3,(H,19,20)(H2,17,18,21). The number of carbonyl (C=O) groups excluding carboxylic acids is 1. The van der Waals surface area contributed by atoms with Gasteiger partial charge in [0, 0.05) is 6.04 Å². The van der Waals surface area contributed by atoms with E-state index in [1.54, 1.807) is 6.92 Å². The monoisotopic (exact) mass is 314 g/mol. The molecule has 0 aromatic heterocycles. The molecular weight excluding hydrogens is 299 g/mol. The van der Waals surface area contributed by atoms with E-state index in [0.29, 0.717) is 12.8 Å². The molecule has 114 valence electrons. The van der Waals surface area contributed by atoms with Crippen molar-refractivity contribution in [2.24, 2.45) is 5.41 Å². The van der Waals surface area contributed by atoms with Crippen LogP contribution in [0.2, 0.25) is 5.02 Å². The molecule has 0 aliphatic heterocycles. The summed E-state index contributed by atoms with van der Waals surface area (Å²) in [6.45, 7) is 1.61. The molecule has 0 radical (unpaired) electrons. The molecule has 1 fully saturated rings. The molecule has 21 heavy (non-hydrogen) atoms. The van der Waals surface area contributed by atoms with Gasteiger partial charge >= 0.3 is 12.0 Å². The predicted octanol–water partition coefficient (Wildman–Crippen LogP) is 3.24. The number of halogens is 2. The molecule has 2 atom stereocenters. The van der Waals surface area contributed by atoms with Crippen LogP contribution in [0, 0.1) is 11.2 Å². The van der Waals surface area contributed by atoms with E-state index in [4.69, 9.17) is 11.6 Å². The minimum Gasteiger partial charge on any atom is -0.481 e. The molecule has 1 saturated carbocycles. The third kappa shape index (κ3) is 3.26. The van der Waals surface area contributed by atoms with E-state index >= 15 is 0 Å². The number of nitrogens with one attached hydrogen (secondary N) is 2. The van der Waals surface area contributed by atoms with Crippen LogP contribution in [-0.4, -0.2) is 23.1 Å². The molecule has 7 heteroatoms. The van der Waals surface area contributed by atoms with E-state index in [0.717, 1.165) is 12.5 Å². The summed E-state index contributed by atoms with van der Waals surface area (Å²) in [4.78, 5) is 23.3. The van der Waals surface area contributed by atoms with Crippen molar-refractivity contribution in [3.63, 3.8) is 0 Å². The molecule has 0 heterocycles. The largest absolute Gasteiger partial charge is 0.481 e. The molecule has 2 rings (SSSR count). The van der Waals surface area contributed by atoms with E-state index in [9.17, 15) is 19.1 Å². The minimum atomic E-state index is -0.983. The number of benzene rings is 1. The van der Waals surface area contributed by atoms with Crippen LogP contribution < -0.4 is 10.6 Å². The number of hydrogen-bond donors (Lipinski definition) is 3. The number of aliphatic carboxylic acids is 1. The molecule has 0 spiro atoms. The number of carbonyl (C=O) groups is 2. The highest BCUT2D eigenvalue weighted by molar-refractivity contribution is 6.33. The number of hydrogen-bond acceptors (Lipinski definition) is 2. The van der Waals surface area contributed by atoms with Crippen molar-refractivity contribution in [2.75, 3.05) is 5.32 Å². The molecule has 2 amide bonds. The van der Waals surface area contributed by atoms with E-state index in [1.165, 1.54) is 12.1 Å². The van der Waals surface area contributed by atoms with Crippen molar-refractivity contribution in [1.82, 2.24) is 5.32 Å². The Kier molecular flexibility index (Phi) is 4.37. The summed E-state index contributed by atoms with van der Waals surface area (Å²) in [5, 5.41) is 14.6. The number of amides is 2. The summed E-state index contributed by atoms with van der Waals surface area (Å²) in [5.74, 6) is -1.46. The first kappa shape index (κ1) is 15.6. The Labute approximate surface area is 126 Å². The Balaban J connectivity index is 2.05. The highest BCUT2D eigenvalue weighted by Gasteiger charge is 2.45. The first-order valence-corrected chi connectivity index (χ1v) is 6.96. The quantitative estimate of drug-likeness (QED) is 0.801. The second-order valence-corrected chi connectivity index (χ2v) is 5.80. The Morgan fingerprint density at radius 1 is 1.48 bits per heavy atom. The molecule has 5 nitrogen and oxygen atoms in total. The molecular formula is C14H16ClFN2O3. The van der Waals surface area contributed by atoms with Crippen molar-refractivity contribution in [3.05, 3.63) is 29.0 Å². The lowest BCUT2D eigenvalue weighted by Crippen LogP contribution is -2.48. The zero-order chi connectivity index (χ0) is 15.6. The minimum absolute atomic E-state index is 0.143. The van der Waals surface area contributed by atoms with Crippen LogP contribution in [0.1, 0.15) is 26.2 Å². The van der Waals surface area contributed by atoms with Crippen LogP contribution in [-0.2, 0) is 4.79 Å². The lowest BCUT2D eigenvalue weighted by Gasteiger charge is -2.27. The summed E-state index contributed by atoms with van der Waals surface area (Å²) in [7, 11) is 0. The van der Waals surface area contributed by atoms with Crippen molar-refractivity contribution in [2.45, 2.75) is 32.2 Å². The lowest BCUT2D eigenvalue weighted by molar-refractivity contribution is -0.148. The van der Waals surface area contributed by atoms with Crippen LogP contribution in [0.5, 0.6) is 0 Å². The Hall–Kier alpha value is -1.82. The summed E-state index contributed by atoms with van der Waals surface area (Å²) < 4.78 is 13.1. The van der Waals surface area contributed by atoms with Gasteiger partial charge in [-0.25, -0.2) is 9.18 Å². The van der Waals surface area contributed by atoms with Gasteiger partial charge in [0.15, 0.2) is 0 Å². The predicted molar refractivity (Wildman–Crippen MR) is 76.9 cm³/mol. The van der Waals surface area contributed by atoms with Gasteiger partial charge in [-0.15, -0.1) is 0 Å². The molecule has 2 unspecified atom stereocenters. The SMILES string of the molecule is CC1(C(=O)O)CCCC1NC(=O)Nc1cc(F)ccc1Cl. The van der Waals surface area contributed by atoms with E-state index in [1.807, 2.05) is 0 Å². The van der Waals surface area contributed by atoms with Gasteiger partial charge in [-0.3, -0.25) is 4.79 Å². The van der Waals surface area contributed by atoms with Gasteiger partial charge in [0.25, 0.3) is 0 Å². The van der Waals surface area contributed by atoms with E-state index in [2.05, 4.69) is 10.6 Å². The van der Waals surface area contributed by atoms with Crippen molar-refractivity contribution in [3.8, 4) is 0 Å². The first-order valence-electron chi connectivity index (χ1n) is 6.59. The van der Waals surface area contributed by atoms with Crippen LogP contribution in [0.25, 0.3) is 0 Å². The fourth-order valence-electron chi connectivity index (χ4n) is 2.56. The average molecular weight is 315 g/mol. The van der Waals surface area contributed by atoms with Gasteiger partial charge in [-0.05, 0) is 38.0 Å². The third-order valence-corrected chi connectivity index (χ3v) is 4.26. The second kappa shape index (κ2) is 5.89. The fraction of sp³-hybridized carbons (Fsp3) is 0.429. The summed E-state index contributed by atoms with van der Waals surface area (Å²) in [5.41, 5.74) is -0.840. The maximum atomic E-state index is 13.1. The van der Waals surface area contributed by atoms with Gasteiger partial charge < -0.3 is 15.7 Å². The zero-order valence-electron chi connectivity index (χ0n) is 11.5. The normalized spacial score (nSPS) is 24.6. The van der Waals surface area contributed by atoms with Crippen LogP contribution >= 0.6 is 11.6 Å². The highest BCUT2D eigenvalue weighted by atomic mass is 35.5. The third-order valence-electron chi connectivity index (χ3n) is 3.93.